The van der Waals surface area contributed by atoms with Crippen molar-refractivity contribution in [1.82, 2.24) is 9.78 Å². The molecule has 5 heteroatoms. The molecule has 1 N–H and O–H groups in total. The van der Waals surface area contributed by atoms with E-state index in [1.165, 1.54) is 0 Å². The number of hydrogen-bond acceptors (Lipinski definition) is 4. The van der Waals surface area contributed by atoms with Crippen molar-refractivity contribution in [2.75, 3.05) is 19.8 Å². The number of aromatic nitrogens is 2. The molecule has 1 aromatic heterocycles. The molecule has 2 heterocycles. The highest BCUT2D eigenvalue weighted by atomic mass is 16.5. The van der Waals surface area contributed by atoms with Gasteiger partial charge in [0.25, 0.3) is 0 Å². The minimum absolute atomic E-state index is 0.467. The first-order valence-electron chi connectivity index (χ1n) is 6.96. The van der Waals surface area contributed by atoms with Crippen LogP contribution in [0.5, 0.6) is 0 Å². The number of aliphatic hydroxyl groups is 1. The van der Waals surface area contributed by atoms with Crippen molar-refractivity contribution in [2.45, 2.75) is 44.8 Å². The average Bonchev–Trinajstić information content (AvgIpc) is 2.69. The van der Waals surface area contributed by atoms with E-state index in [9.17, 15) is 5.11 Å². The van der Waals surface area contributed by atoms with Crippen LogP contribution in [0.1, 0.15) is 31.2 Å². The van der Waals surface area contributed by atoms with Crippen LogP contribution in [0.2, 0.25) is 0 Å². The summed E-state index contributed by atoms with van der Waals surface area (Å²) < 4.78 is 13.1. The van der Waals surface area contributed by atoms with Crippen molar-refractivity contribution >= 4 is 0 Å². The number of aryl methyl sites for hydroxylation is 2. The lowest BCUT2D eigenvalue weighted by Gasteiger charge is -2.40. The highest BCUT2D eigenvalue weighted by Crippen LogP contribution is 2.30. The molecule has 0 aromatic carbocycles. The Morgan fingerprint density at radius 1 is 1.53 bits per heavy atom. The second-order valence-corrected chi connectivity index (χ2v) is 5.23. The molecule has 0 spiro atoms. The molecule has 19 heavy (non-hydrogen) atoms. The van der Waals surface area contributed by atoms with Crippen LogP contribution in [0.25, 0.3) is 0 Å². The fraction of sp³-hybridized carbons (Fsp3) is 0.786. The molecule has 0 radical (unpaired) electrons. The highest BCUT2D eigenvalue weighted by molar-refractivity contribution is 5.11. The summed E-state index contributed by atoms with van der Waals surface area (Å²) in [4.78, 5) is 0. The normalized spacial score (nSPS) is 20.4. The van der Waals surface area contributed by atoms with E-state index >= 15 is 0 Å². The van der Waals surface area contributed by atoms with Crippen molar-refractivity contribution in [3.05, 3.63) is 17.5 Å². The van der Waals surface area contributed by atoms with Gasteiger partial charge in [0.05, 0.1) is 17.4 Å². The van der Waals surface area contributed by atoms with Gasteiger partial charge < -0.3 is 14.6 Å². The molecule has 0 saturated carbocycles. The molecule has 0 aliphatic carbocycles. The van der Waals surface area contributed by atoms with E-state index in [2.05, 4.69) is 5.10 Å². The summed E-state index contributed by atoms with van der Waals surface area (Å²) in [7, 11) is 1.91. The molecule has 0 amide bonds. The first-order valence-corrected chi connectivity index (χ1v) is 6.96. The molecule has 1 unspecified atom stereocenters. The molecule has 1 atom stereocenters. The van der Waals surface area contributed by atoms with Gasteiger partial charge in [-0.3, -0.25) is 4.68 Å². The average molecular weight is 268 g/mol. The molecule has 0 bridgehead atoms. The minimum atomic E-state index is -0.522. The van der Waals surface area contributed by atoms with Crippen LogP contribution in [-0.4, -0.2) is 46.4 Å². The molecule has 1 aliphatic rings. The Morgan fingerprint density at radius 3 is 2.74 bits per heavy atom. The van der Waals surface area contributed by atoms with Crippen LogP contribution in [0.4, 0.5) is 0 Å². The Kier molecular flexibility index (Phi) is 4.60. The Balaban J connectivity index is 2.11. The largest absolute Gasteiger partial charge is 0.390 e. The molecule has 1 aliphatic heterocycles. The van der Waals surface area contributed by atoms with Crippen LogP contribution in [0.3, 0.4) is 0 Å². The van der Waals surface area contributed by atoms with Gasteiger partial charge in [0, 0.05) is 51.8 Å². The molecule has 108 valence electrons. The number of rotatable bonds is 5. The summed E-state index contributed by atoms with van der Waals surface area (Å²) in [6.45, 7) is 5.85. The summed E-state index contributed by atoms with van der Waals surface area (Å²) in [5.74, 6) is 0. The van der Waals surface area contributed by atoms with Crippen LogP contribution < -0.4 is 0 Å². The molecule has 2 rings (SSSR count). The number of nitrogens with zero attached hydrogens (tertiary/aromatic N) is 2. The van der Waals surface area contributed by atoms with E-state index in [0.717, 1.165) is 24.2 Å². The smallest absolute Gasteiger partial charge is 0.0987 e. The summed E-state index contributed by atoms with van der Waals surface area (Å²) in [6, 6.07) is 2.02. The van der Waals surface area contributed by atoms with Crippen LogP contribution in [0.15, 0.2) is 6.07 Å². The fourth-order valence-electron chi connectivity index (χ4n) is 2.82. The number of ether oxygens (including phenoxy) is 2. The zero-order valence-corrected chi connectivity index (χ0v) is 12.1. The zero-order chi connectivity index (χ0) is 13.9. The molecule has 1 fully saturated rings. The second-order valence-electron chi connectivity index (χ2n) is 5.23. The van der Waals surface area contributed by atoms with Gasteiger partial charge in [-0.25, -0.2) is 0 Å². The van der Waals surface area contributed by atoms with Gasteiger partial charge in [-0.15, -0.1) is 0 Å². The van der Waals surface area contributed by atoms with Crippen LogP contribution in [-0.2, 0) is 22.9 Å². The minimum Gasteiger partial charge on any atom is -0.390 e. The summed E-state index contributed by atoms with van der Waals surface area (Å²) in [5.41, 5.74) is 1.54. The van der Waals surface area contributed by atoms with Crippen LogP contribution >= 0.6 is 0 Å². The standard InChI is InChI=1S/C14H24N2O3/c1-4-19-14(5-7-18-8-6-14)13(17)10-12-9-11(2)15-16(12)3/h9,13,17H,4-8,10H2,1-3H3. The fourth-order valence-corrected chi connectivity index (χ4v) is 2.82. The third-order valence-electron chi connectivity index (χ3n) is 3.88. The molecular formula is C14H24N2O3. The maximum absolute atomic E-state index is 10.6. The van der Waals surface area contributed by atoms with Crippen molar-refractivity contribution in [1.29, 1.82) is 0 Å². The predicted octanol–water partition coefficient (Wildman–Crippen LogP) is 1.22. The SMILES string of the molecule is CCOC1(C(O)Cc2cc(C)nn2C)CCOCC1. The second kappa shape index (κ2) is 6.03. The predicted molar refractivity (Wildman–Crippen MR) is 72.1 cm³/mol. The number of aliphatic hydroxyl groups excluding tert-OH is 1. The topological polar surface area (TPSA) is 56.5 Å². The molecule has 1 saturated heterocycles. The summed E-state index contributed by atoms with van der Waals surface area (Å²) in [5, 5.41) is 14.9. The van der Waals surface area contributed by atoms with E-state index in [0.29, 0.717) is 26.2 Å². The highest BCUT2D eigenvalue weighted by Gasteiger charge is 2.40. The maximum atomic E-state index is 10.6. The Morgan fingerprint density at radius 2 is 2.21 bits per heavy atom. The van der Waals surface area contributed by atoms with Crippen LogP contribution in [0, 0.1) is 6.92 Å². The maximum Gasteiger partial charge on any atom is 0.0987 e. The van der Waals surface area contributed by atoms with Crippen molar-refractivity contribution in [3.8, 4) is 0 Å². The van der Waals surface area contributed by atoms with Crippen molar-refractivity contribution < 1.29 is 14.6 Å². The van der Waals surface area contributed by atoms with Gasteiger partial charge in [0.2, 0.25) is 0 Å². The number of hydrogen-bond donors (Lipinski definition) is 1. The lowest BCUT2D eigenvalue weighted by Crippen LogP contribution is -2.50. The van der Waals surface area contributed by atoms with E-state index < -0.39 is 11.7 Å². The third kappa shape index (κ3) is 3.16. The Hall–Kier alpha value is -0.910. The van der Waals surface area contributed by atoms with Gasteiger partial charge in [-0.05, 0) is 19.9 Å². The van der Waals surface area contributed by atoms with Gasteiger partial charge in [0.1, 0.15) is 0 Å². The Bertz CT molecular complexity index is 405. The van der Waals surface area contributed by atoms with E-state index in [4.69, 9.17) is 9.47 Å². The van der Waals surface area contributed by atoms with E-state index in [-0.39, 0.29) is 0 Å². The summed E-state index contributed by atoms with van der Waals surface area (Å²) >= 11 is 0. The third-order valence-corrected chi connectivity index (χ3v) is 3.88. The zero-order valence-electron chi connectivity index (χ0n) is 12.1. The summed E-state index contributed by atoms with van der Waals surface area (Å²) in [6.07, 6.45) is 1.54. The van der Waals surface area contributed by atoms with Gasteiger partial charge in [-0.1, -0.05) is 0 Å². The first-order chi connectivity index (χ1) is 9.07. The lowest BCUT2D eigenvalue weighted by atomic mass is 9.85. The van der Waals surface area contributed by atoms with Crippen molar-refractivity contribution in [2.24, 2.45) is 7.05 Å². The lowest BCUT2D eigenvalue weighted by molar-refractivity contribution is -0.165. The van der Waals surface area contributed by atoms with Gasteiger partial charge in [-0.2, -0.15) is 5.10 Å². The quantitative estimate of drug-likeness (QED) is 0.872. The molecule has 5 nitrogen and oxygen atoms in total. The van der Waals surface area contributed by atoms with Crippen molar-refractivity contribution in [3.63, 3.8) is 0 Å². The monoisotopic (exact) mass is 268 g/mol. The Labute approximate surface area is 114 Å². The van der Waals surface area contributed by atoms with E-state index in [1.807, 2.05) is 31.6 Å². The molecule has 1 aromatic rings. The first kappa shape index (κ1) is 14.5. The van der Waals surface area contributed by atoms with Gasteiger partial charge >= 0.3 is 0 Å². The van der Waals surface area contributed by atoms with E-state index in [1.54, 1.807) is 0 Å². The molecular weight excluding hydrogens is 244 g/mol. The van der Waals surface area contributed by atoms with Gasteiger partial charge in [0.15, 0.2) is 0 Å².